The smallest absolute Gasteiger partial charge is 0.313 e. The zero-order chi connectivity index (χ0) is 14.7. The molecule has 0 aromatic carbocycles. The van der Waals surface area contributed by atoms with E-state index in [4.69, 9.17) is 5.11 Å². The summed E-state index contributed by atoms with van der Waals surface area (Å²) in [6.45, 7) is 5.42. The summed E-state index contributed by atoms with van der Waals surface area (Å²) in [6, 6.07) is 0.142. The van der Waals surface area contributed by atoms with Crippen molar-refractivity contribution in [2.75, 3.05) is 35.2 Å². The fourth-order valence-electron chi connectivity index (χ4n) is 2.00. The molecule has 1 aromatic rings. The van der Waals surface area contributed by atoms with Gasteiger partial charge in [0.15, 0.2) is 5.16 Å². The first-order valence-electron chi connectivity index (χ1n) is 6.38. The van der Waals surface area contributed by atoms with Gasteiger partial charge in [0.2, 0.25) is 5.95 Å². The van der Waals surface area contributed by atoms with Crippen LogP contribution in [0.2, 0.25) is 0 Å². The molecule has 0 bridgehead atoms. The Morgan fingerprint density at radius 3 is 2.60 bits per heavy atom. The SMILES string of the molecule is CC(C)n1c(SCC(=O)O)nnc1N1CCS(=O)CC1. The molecule has 112 valence electrons. The quantitative estimate of drug-likeness (QED) is 0.795. The van der Waals surface area contributed by atoms with Gasteiger partial charge in [0.05, 0.1) is 5.75 Å². The molecule has 1 aromatic heterocycles. The summed E-state index contributed by atoms with van der Waals surface area (Å²) in [6.07, 6.45) is 0. The monoisotopic (exact) mass is 318 g/mol. The molecule has 0 radical (unpaired) electrons. The lowest BCUT2D eigenvalue weighted by Crippen LogP contribution is -2.39. The summed E-state index contributed by atoms with van der Waals surface area (Å²) in [4.78, 5) is 12.7. The summed E-state index contributed by atoms with van der Waals surface area (Å²) >= 11 is 1.17. The molecule has 1 aliphatic rings. The first kappa shape index (κ1) is 15.3. The van der Waals surface area contributed by atoms with Crippen molar-refractivity contribution in [1.29, 1.82) is 0 Å². The number of anilines is 1. The molecule has 1 aliphatic heterocycles. The Kier molecular flexibility index (Phi) is 5.03. The van der Waals surface area contributed by atoms with E-state index >= 15 is 0 Å². The van der Waals surface area contributed by atoms with Crippen molar-refractivity contribution >= 4 is 34.5 Å². The normalized spacial score (nSPS) is 16.9. The predicted octanol–water partition coefficient (Wildman–Crippen LogP) is 0.604. The van der Waals surface area contributed by atoms with Crippen LogP contribution >= 0.6 is 11.8 Å². The van der Waals surface area contributed by atoms with Gasteiger partial charge in [0, 0.05) is 41.4 Å². The van der Waals surface area contributed by atoms with Crippen LogP contribution in [0.1, 0.15) is 19.9 Å². The van der Waals surface area contributed by atoms with Gasteiger partial charge in [-0.2, -0.15) is 0 Å². The summed E-state index contributed by atoms with van der Waals surface area (Å²) in [5, 5.41) is 17.7. The lowest BCUT2D eigenvalue weighted by molar-refractivity contribution is -0.133. The van der Waals surface area contributed by atoms with E-state index in [9.17, 15) is 9.00 Å². The number of hydrogen-bond acceptors (Lipinski definition) is 6. The Labute approximate surface area is 124 Å². The number of thioether (sulfide) groups is 1. The predicted molar refractivity (Wildman–Crippen MR) is 78.9 cm³/mol. The third-order valence-electron chi connectivity index (χ3n) is 2.95. The molecule has 2 rings (SSSR count). The van der Waals surface area contributed by atoms with E-state index in [1.54, 1.807) is 0 Å². The minimum Gasteiger partial charge on any atom is -0.481 e. The van der Waals surface area contributed by atoms with Gasteiger partial charge in [-0.05, 0) is 13.8 Å². The summed E-state index contributed by atoms with van der Waals surface area (Å²) in [5.41, 5.74) is 0. The van der Waals surface area contributed by atoms with E-state index in [-0.39, 0.29) is 11.8 Å². The van der Waals surface area contributed by atoms with E-state index in [0.29, 0.717) is 29.8 Å². The molecule has 1 saturated heterocycles. The first-order chi connectivity index (χ1) is 9.49. The number of carbonyl (C=O) groups is 1. The van der Waals surface area contributed by atoms with Crippen molar-refractivity contribution in [1.82, 2.24) is 14.8 Å². The zero-order valence-electron chi connectivity index (χ0n) is 11.5. The second kappa shape index (κ2) is 6.57. The number of aliphatic carboxylic acids is 1. The van der Waals surface area contributed by atoms with Gasteiger partial charge in [-0.1, -0.05) is 11.8 Å². The highest BCUT2D eigenvalue weighted by Crippen LogP contribution is 2.26. The van der Waals surface area contributed by atoms with Crippen molar-refractivity contribution in [3.8, 4) is 0 Å². The van der Waals surface area contributed by atoms with E-state index < -0.39 is 16.8 Å². The van der Waals surface area contributed by atoms with Crippen LogP contribution < -0.4 is 4.90 Å². The summed E-state index contributed by atoms with van der Waals surface area (Å²) in [7, 11) is -0.737. The van der Waals surface area contributed by atoms with Crippen LogP contribution in [0.3, 0.4) is 0 Å². The van der Waals surface area contributed by atoms with Gasteiger partial charge in [-0.25, -0.2) is 0 Å². The van der Waals surface area contributed by atoms with E-state index in [1.807, 2.05) is 18.4 Å². The Hall–Kier alpha value is -1.09. The summed E-state index contributed by atoms with van der Waals surface area (Å²) < 4.78 is 13.4. The van der Waals surface area contributed by atoms with Crippen LogP contribution in [0.4, 0.5) is 5.95 Å². The largest absolute Gasteiger partial charge is 0.481 e. The van der Waals surface area contributed by atoms with Crippen LogP contribution in [-0.2, 0) is 15.6 Å². The van der Waals surface area contributed by atoms with Gasteiger partial charge in [-0.15, -0.1) is 10.2 Å². The number of aromatic nitrogens is 3. The van der Waals surface area contributed by atoms with Crippen molar-refractivity contribution in [3.63, 3.8) is 0 Å². The fraction of sp³-hybridized carbons (Fsp3) is 0.727. The highest BCUT2D eigenvalue weighted by atomic mass is 32.2. The standard InChI is InChI=1S/C11H18N4O3S2/c1-8(2)15-10(14-3-5-20(18)6-4-14)12-13-11(15)19-7-9(16)17/h8H,3-7H2,1-2H3,(H,16,17). The molecule has 0 unspecified atom stereocenters. The highest BCUT2D eigenvalue weighted by molar-refractivity contribution is 7.99. The molecule has 1 fully saturated rings. The molecule has 0 spiro atoms. The molecular weight excluding hydrogens is 300 g/mol. The topological polar surface area (TPSA) is 88.3 Å². The maximum atomic E-state index is 11.4. The van der Waals surface area contributed by atoms with Crippen molar-refractivity contribution in [3.05, 3.63) is 0 Å². The van der Waals surface area contributed by atoms with Gasteiger partial charge < -0.3 is 10.0 Å². The average Bonchev–Trinajstić information content (AvgIpc) is 2.81. The molecule has 0 saturated carbocycles. The second-order valence-electron chi connectivity index (χ2n) is 4.76. The van der Waals surface area contributed by atoms with Crippen LogP contribution in [0.5, 0.6) is 0 Å². The van der Waals surface area contributed by atoms with Crippen molar-refractivity contribution in [2.24, 2.45) is 0 Å². The lowest BCUT2D eigenvalue weighted by Gasteiger charge is -2.28. The fourth-order valence-corrected chi connectivity index (χ4v) is 3.83. The maximum Gasteiger partial charge on any atom is 0.313 e. The van der Waals surface area contributed by atoms with E-state index in [2.05, 4.69) is 15.1 Å². The van der Waals surface area contributed by atoms with Crippen molar-refractivity contribution < 1.29 is 14.1 Å². The second-order valence-corrected chi connectivity index (χ2v) is 7.40. The lowest BCUT2D eigenvalue weighted by atomic mass is 10.4. The molecule has 7 nitrogen and oxygen atoms in total. The number of rotatable bonds is 5. The minimum atomic E-state index is -0.872. The zero-order valence-corrected chi connectivity index (χ0v) is 13.1. The highest BCUT2D eigenvalue weighted by Gasteiger charge is 2.24. The van der Waals surface area contributed by atoms with Crippen molar-refractivity contribution in [2.45, 2.75) is 25.0 Å². The van der Waals surface area contributed by atoms with E-state index in [1.165, 1.54) is 11.8 Å². The number of nitrogens with zero attached hydrogens (tertiary/aromatic N) is 4. The van der Waals surface area contributed by atoms with Gasteiger partial charge in [0.25, 0.3) is 0 Å². The van der Waals surface area contributed by atoms with Crippen LogP contribution in [0.15, 0.2) is 5.16 Å². The minimum absolute atomic E-state index is 0.0329. The number of carboxylic acid groups (broad SMARTS) is 1. The molecule has 0 amide bonds. The Bertz CT molecular complexity index is 508. The molecular formula is C11H18N4O3S2. The van der Waals surface area contributed by atoms with Crippen LogP contribution in [0, 0.1) is 0 Å². The van der Waals surface area contributed by atoms with E-state index in [0.717, 1.165) is 5.95 Å². The Morgan fingerprint density at radius 1 is 1.40 bits per heavy atom. The summed E-state index contributed by atoms with van der Waals surface area (Å²) in [5.74, 6) is 1.12. The van der Waals surface area contributed by atoms with Crippen LogP contribution in [0.25, 0.3) is 0 Å². The third kappa shape index (κ3) is 3.51. The first-order valence-corrected chi connectivity index (χ1v) is 8.86. The van der Waals surface area contributed by atoms with Gasteiger partial charge in [-0.3, -0.25) is 13.6 Å². The molecule has 0 aliphatic carbocycles. The van der Waals surface area contributed by atoms with Crippen LogP contribution in [-0.4, -0.2) is 60.4 Å². The van der Waals surface area contributed by atoms with Gasteiger partial charge in [0.1, 0.15) is 0 Å². The molecule has 20 heavy (non-hydrogen) atoms. The Morgan fingerprint density at radius 2 is 2.05 bits per heavy atom. The molecule has 9 heteroatoms. The molecule has 1 N–H and O–H groups in total. The van der Waals surface area contributed by atoms with Gasteiger partial charge >= 0.3 is 5.97 Å². The average molecular weight is 318 g/mol. The number of carboxylic acids is 1. The number of hydrogen-bond donors (Lipinski definition) is 1. The Balaban J connectivity index is 2.20. The maximum absolute atomic E-state index is 11.4. The molecule has 2 heterocycles. The third-order valence-corrected chi connectivity index (χ3v) is 5.15. The molecule has 0 atom stereocenters.